The van der Waals surface area contributed by atoms with E-state index in [0.29, 0.717) is 37.2 Å². The molecule has 0 aromatic heterocycles. The number of rotatable bonds is 0. The fourth-order valence-corrected chi connectivity index (χ4v) is 7.67. The maximum atomic E-state index is 12.7. The van der Waals surface area contributed by atoms with E-state index in [4.69, 9.17) is 9.47 Å². The lowest BCUT2D eigenvalue weighted by Gasteiger charge is -2.57. The van der Waals surface area contributed by atoms with E-state index in [9.17, 15) is 20.1 Å². The molecule has 0 amide bonds. The maximum Gasteiger partial charge on any atom is 0.223 e. The van der Waals surface area contributed by atoms with Crippen LogP contribution in [0.1, 0.15) is 83.1 Å². The second-order valence-electron chi connectivity index (χ2n) is 14.3. The van der Waals surface area contributed by atoms with Crippen molar-refractivity contribution >= 4 is 0 Å². The van der Waals surface area contributed by atoms with Gasteiger partial charge >= 0.3 is 0 Å². The minimum atomic E-state index is -1.04. The molecule has 0 fully saturated rings. The van der Waals surface area contributed by atoms with Gasteiger partial charge in [-0.05, 0) is 93.2 Å². The number of aromatic hydroxyl groups is 2. The Kier molecular flexibility index (Phi) is 6.42. The zero-order valence-electron chi connectivity index (χ0n) is 25.1. The van der Waals surface area contributed by atoms with E-state index in [1.165, 1.54) is 12.1 Å². The van der Waals surface area contributed by atoms with Crippen LogP contribution in [0.5, 0.6) is 23.0 Å². The smallest absolute Gasteiger partial charge is 0.223 e. The van der Waals surface area contributed by atoms with Crippen molar-refractivity contribution < 1.29 is 24.8 Å². The first-order valence-corrected chi connectivity index (χ1v) is 14.3. The lowest BCUT2D eigenvalue weighted by Crippen LogP contribution is -2.63. The lowest BCUT2D eigenvalue weighted by molar-refractivity contribution is -0.168. The van der Waals surface area contributed by atoms with E-state index in [1.54, 1.807) is 12.1 Å². The summed E-state index contributed by atoms with van der Waals surface area (Å²) in [6, 6.07) is 6.34. The Balaban J connectivity index is 1.69. The predicted molar refractivity (Wildman–Crippen MR) is 156 cm³/mol. The molecule has 3 N–H and O–H groups in total. The van der Waals surface area contributed by atoms with E-state index >= 15 is 0 Å². The Labute approximate surface area is 237 Å². The second kappa shape index (κ2) is 9.01. The Morgan fingerprint density at radius 3 is 2.10 bits per heavy atom. The summed E-state index contributed by atoms with van der Waals surface area (Å²) in [5.74, 6) is 0.995. The first kappa shape index (κ1) is 28.5. The summed E-state index contributed by atoms with van der Waals surface area (Å²) in [7, 11) is 0. The van der Waals surface area contributed by atoms with Crippen LogP contribution in [0.25, 0.3) is 0 Å². The van der Waals surface area contributed by atoms with Crippen molar-refractivity contribution in [3.8, 4) is 23.0 Å². The standard InChI is InChI=1S/C34H44O6/c1-20-12-22(35)14-27-23(20)16-31(5)18-29(38)34(8)32(6,19-30(3,4)10-9-11-33(31,7)39-27)17-24-21(2)13-25(36)26(37)15-28(24)40-34/h9-10,12-15,29,35,38H,11,16-19H2,1-8H3,(H,36,37)/b10-9+/t29-,31+,32-,33+,34-/m0/s1. The van der Waals surface area contributed by atoms with Crippen LogP contribution in [0.2, 0.25) is 0 Å². The lowest BCUT2D eigenvalue weighted by atomic mass is 9.57. The van der Waals surface area contributed by atoms with Crippen LogP contribution in [0, 0.1) is 30.1 Å². The van der Waals surface area contributed by atoms with Gasteiger partial charge in [0.15, 0.2) is 5.75 Å². The number of aliphatic hydroxyl groups excluding tert-OH is 1. The zero-order chi connectivity index (χ0) is 29.5. The van der Waals surface area contributed by atoms with Gasteiger partial charge in [0.05, 0.1) is 6.10 Å². The summed E-state index contributed by atoms with van der Waals surface area (Å²) in [6.07, 6.45) is 6.64. The molecule has 0 bridgehead atoms. The number of aliphatic hydroxyl groups is 1. The summed E-state index contributed by atoms with van der Waals surface area (Å²) in [5, 5.41) is 32.9. The van der Waals surface area contributed by atoms with Gasteiger partial charge in [0, 0.05) is 29.4 Å². The van der Waals surface area contributed by atoms with Gasteiger partial charge in [0.1, 0.15) is 28.5 Å². The van der Waals surface area contributed by atoms with Gasteiger partial charge in [-0.1, -0.05) is 39.8 Å². The van der Waals surface area contributed by atoms with Gasteiger partial charge in [0.2, 0.25) is 5.43 Å². The molecule has 5 atom stereocenters. The van der Waals surface area contributed by atoms with Crippen LogP contribution in [0.4, 0.5) is 0 Å². The third kappa shape index (κ3) is 4.39. The van der Waals surface area contributed by atoms with Crippen molar-refractivity contribution in [3.63, 3.8) is 0 Å². The number of ether oxygens (including phenoxy) is 2. The van der Waals surface area contributed by atoms with Crippen molar-refractivity contribution in [2.45, 2.75) is 105 Å². The highest BCUT2D eigenvalue weighted by atomic mass is 16.5. The molecule has 6 heteroatoms. The van der Waals surface area contributed by atoms with Gasteiger partial charge in [0.25, 0.3) is 0 Å². The molecule has 2 aliphatic heterocycles. The molecule has 216 valence electrons. The topological polar surface area (TPSA) is 96.2 Å². The molecule has 5 rings (SSSR count). The largest absolute Gasteiger partial charge is 0.508 e. The van der Waals surface area contributed by atoms with Gasteiger partial charge in [-0.25, -0.2) is 0 Å². The van der Waals surface area contributed by atoms with Crippen molar-refractivity contribution in [3.05, 3.63) is 68.9 Å². The van der Waals surface area contributed by atoms with E-state index in [-0.39, 0.29) is 16.9 Å². The monoisotopic (exact) mass is 548 g/mol. The molecule has 0 saturated carbocycles. The summed E-state index contributed by atoms with van der Waals surface area (Å²) in [6.45, 7) is 16.7. The fourth-order valence-electron chi connectivity index (χ4n) is 7.67. The van der Waals surface area contributed by atoms with Gasteiger partial charge < -0.3 is 24.8 Å². The van der Waals surface area contributed by atoms with E-state index in [1.807, 2.05) is 20.8 Å². The molecule has 6 nitrogen and oxygen atoms in total. The normalized spacial score (nSPS) is 35.4. The van der Waals surface area contributed by atoms with Gasteiger partial charge in [-0.3, -0.25) is 4.79 Å². The van der Waals surface area contributed by atoms with Gasteiger partial charge in [-0.15, -0.1) is 0 Å². The van der Waals surface area contributed by atoms with Crippen LogP contribution in [0.15, 0.2) is 41.2 Å². The maximum absolute atomic E-state index is 12.7. The highest BCUT2D eigenvalue weighted by Crippen LogP contribution is 2.57. The van der Waals surface area contributed by atoms with Crippen molar-refractivity contribution in [2.24, 2.45) is 16.2 Å². The summed E-state index contributed by atoms with van der Waals surface area (Å²) < 4.78 is 13.5. The third-order valence-corrected chi connectivity index (χ3v) is 10.5. The van der Waals surface area contributed by atoms with Crippen LogP contribution in [-0.4, -0.2) is 32.6 Å². The average molecular weight is 549 g/mol. The Hall–Kier alpha value is -2.99. The Morgan fingerprint density at radius 2 is 1.43 bits per heavy atom. The van der Waals surface area contributed by atoms with E-state index in [0.717, 1.165) is 28.7 Å². The minimum absolute atomic E-state index is 0.182. The van der Waals surface area contributed by atoms with Gasteiger partial charge in [-0.2, -0.15) is 0 Å². The molecule has 0 saturated heterocycles. The molecule has 2 aromatic rings. The van der Waals surface area contributed by atoms with E-state index in [2.05, 4.69) is 46.8 Å². The number of phenolic OH excluding ortho intramolecular Hbond substituents is 1. The highest BCUT2D eigenvalue weighted by molar-refractivity contribution is 5.49. The number of aryl methyl sites for hydroxylation is 2. The molecule has 0 radical (unpaired) electrons. The number of hydrogen-bond acceptors (Lipinski definition) is 6. The predicted octanol–water partition coefficient (Wildman–Crippen LogP) is 6.30. The number of fused-ring (bicyclic) bond motifs is 4. The Morgan fingerprint density at radius 1 is 0.825 bits per heavy atom. The SMILES string of the molecule is Cc1cc(O)cc2c1C[C@]1(C)C[C@H](O)[C@]3(C)Oc4cc(=O)c(O)cc(C)c4C[C@@]3(C)CC(C)(C)/C=C/C[C@@]1(C)O2. The number of benzene rings is 1. The number of phenols is 1. The zero-order valence-corrected chi connectivity index (χ0v) is 25.1. The fraction of sp³-hybridized carbons (Fsp3) is 0.559. The molecule has 40 heavy (non-hydrogen) atoms. The summed E-state index contributed by atoms with van der Waals surface area (Å²) >= 11 is 0. The summed E-state index contributed by atoms with van der Waals surface area (Å²) in [4.78, 5) is 12.7. The first-order valence-electron chi connectivity index (χ1n) is 14.3. The minimum Gasteiger partial charge on any atom is -0.508 e. The van der Waals surface area contributed by atoms with Crippen LogP contribution in [-0.2, 0) is 12.8 Å². The van der Waals surface area contributed by atoms with Crippen molar-refractivity contribution in [1.29, 1.82) is 0 Å². The number of hydrogen-bond donors (Lipinski definition) is 3. The van der Waals surface area contributed by atoms with E-state index < -0.39 is 33.6 Å². The highest BCUT2D eigenvalue weighted by Gasteiger charge is 2.60. The summed E-state index contributed by atoms with van der Waals surface area (Å²) in [5.41, 5.74) is 0.286. The molecule has 2 aromatic carbocycles. The molecule has 3 aliphatic rings. The molecule has 1 aliphatic carbocycles. The Bertz CT molecular complexity index is 1460. The van der Waals surface area contributed by atoms with Crippen molar-refractivity contribution in [2.75, 3.05) is 0 Å². The van der Waals surface area contributed by atoms with Crippen LogP contribution < -0.4 is 14.9 Å². The third-order valence-electron chi connectivity index (χ3n) is 10.5. The number of allylic oxidation sites excluding steroid dienone is 1. The first-order chi connectivity index (χ1) is 18.4. The van der Waals surface area contributed by atoms with Crippen LogP contribution >= 0.6 is 0 Å². The molecule has 2 heterocycles. The molecular weight excluding hydrogens is 504 g/mol. The van der Waals surface area contributed by atoms with Crippen molar-refractivity contribution in [1.82, 2.24) is 0 Å². The average Bonchev–Trinajstić information content (AvgIpc) is 2.90. The second-order valence-corrected chi connectivity index (χ2v) is 14.3. The molecular formula is C34H44O6. The van der Waals surface area contributed by atoms with Crippen LogP contribution in [0.3, 0.4) is 0 Å². The quantitative estimate of drug-likeness (QED) is 0.334. The molecule has 0 unspecified atom stereocenters. The molecule has 0 spiro atoms.